The number of pyridine rings is 1. The first-order valence-corrected chi connectivity index (χ1v) is 8.47. The number of amides is 1. The van der Waals surface area contributed by atoms with Crippen LogP contribution in [0.25, 0.3) is 0 Å². The second-order valence-electron chi connectivity index (χ2n) is 6.35. The van der Waals surface area contributed by atoms with Crippen LogP contribution in [0.15, 0.2) is 22.9 Å². The second kappa shape index (κ2) is 6.70. The van der Waals surface area contributed by atoms with Crippen molar-refractivity contribution in [1.29, 1.82) is 0 Å². The van der Waals surface area contributed by atoms with E-state index in [0.29, 0.717) is 11.6 Å². The Kier molecular flexibility index (Phi) is 4.27. The first-order chi connectivity index (χ1) is 11.8. The van der Waals surface area contributed by atoms with Gasteiger partial charge in [0.2, 0.25) is 5.76 Å². The van der Waals surface area contributed by atoms with Crippen LogP contribution in [0.4, 0.5) is 5.69 Å². The Morgan fingerprint density at radius 2 is 2.08 bits per heavy atom. The van der Waals surface area contributed by atoms with Crippen molar-refractivity contribution in [3.05, 3.63) is 41.0 Å². The minimum Gasteiger partial charge on any atom is -0.351 e. The third kappa shape index (κ3) is 3.18. The van der Waals surface area contributed by atoms with Gasteiger partial charge in [-0.1, -0.05) is 5.16 Å². The molecule has 4 heterocycles. The van der Waals surface area contributed by atoms with E-state index in [-0.39, 0.29) is 11.7 Å². The molecule has 0 saturated carbocycles. The summed E-state index contributed by atoms with van der Waals surface area (Å²) in [5, 5.41) is 13.6. The minimum atomic E-state index is -0.284. The molecule has 2 aromatic rings. The van der Waals surface area contributed by atoms with Gasteiger partial charge in [0.1, 0.15) is 0 Å². The lowest BCUT2D eigenvalue weighted by Gasteiger charge is -2.19. The van der Waals surface area contributed by atoms with Crippen LogP contribution < -0.4 is 16.0 Å². The maximum absolute atomic E-state index is 12.4. The van der Waals surface area contributed by atoms with Crippen molar-refractivity contribution in [2.24, 2.45) is 0 Å². The van der Waals surface area contributed by atoms with E-state index in [1.54, 1.807) is 12.3 Å². The molecule has 0 radical (unpaired) electrons. The zero-order valence-corrected chi connectivity index (χ0v) is 13.5. The van der Waals surface area contributed by atoms with E-state index >= 15 is 0 Å². The van der Waals surface area contributed by atoms with Gasteiger partial charge in [-0.15, -0.1) is 0 Å². The van der Waals surface area contributed by atoms with Crippen LogP contribution >= 0.6 is 0 Å². The van der Waals surface area contributed by atoms with Crippen molar-refractivity contribution in [3.8, 4) is 0 Å². The lowest BCUT2D eigenvalue weighted by atomic mass is 9.94. The van der Waals surface area contributed by atoms with Gasteiger partial charge in [-0.3, -0.25) is 9.78 Å². The van der Waals surface area contributed by atoms with Crippen LogP contribution in [0.1, 0.15) is 46.3 Å². The van der Waals surface area contributed by atoms with E-state index in [9.17, 15) is 4.79 Å². The van der Waals surface area contributed by atoms with Crippen molar-refractivity contribution in [1.82, 2.24) is 20.8 Å². The van der Waals surface area contributed by atoms with E-state index in [4.69, 9.17) is 4.52 Å². The van der Waals surface area contributed by atoms with E-state index < -0.39 is 0 Å². The lowest BCUT2D eigenvalue weighted by molar-refractivity contribution is 0.0987. The normalized spacial score (nSPS) is 18.2. The summed E-state index contributed by atoms with van der Waals surface area (Å²) in [4.78, 5) is 16.8. The number of fused-ring (bicyclic) bond motifs is 1. The number of anilines is 1. The molecule has 2 aromatic heterocycles. The first kappa shape index (κ1) is 15.3. The van der Waals surface area contributed by atoms with Gasteiger partial charge in [0.05, 0.1) is 17.6 Å². The minimum absolute atomic E-state index is 0.249. The number of aromatic nitrogens is 2. The Morgan fingerprint density at radius 3 is 2.96 bits per heavy atom. The molecule has 0 aliphatic carbocycles. The Bertz CT molecular complexity index is 736. The zero-order chi connectivity index (χ0) is 16.4. The van der Waals surface area contributed by atoms with Crippen molar-refractivity contribution in [2.75, 3.05) is 25.0 Å². The molecule has 4 rings (SSSR count). The maximum Gasteiger partial charge on any atom is 0.294 e. The maximum atomic E-state index is 12.4. The summed E-state index contributed by atoms with van der Waals surface area (Å²) in [6, 6.07) is 3.73. The summed E-state index contributed by atoms with van der Waals surface area (Å²) >= 11 is 0. The van der Waals surface area contributed by atoms with Gasteiger partial charge < -0.3 is 20.5 Å². The van der Waals surface area contributed by atoms with Crippen molar-refractivity contribution in [2.45, 2.75) is 31.7 Å². The Balaban J connectivity index is 1.45. The number of nitrogens with one attached hydrogen (secondary N) is 3. The number of hydrogen-bond donors (Lipinski definition) is 3. The lowest BCUT2D eigenvalue weighted by Crippen LogP contribution is -2.26. The number of carbonyl (C=O) groups is 1. The number of hydrogen-bond acceptors (Lipinski definition) is 6. The number of piperidine rings is 1. The van der Waals surface area contributed by atoms with E-state index in [2.05, 4.69) is 26.1 Å². The highest BCUT2D eigenvalue weighted by molar-refractivity contribution is 6.02. The van der Waals surface area contributed by atoms with Gasteiger partial charge in [-0.2, -0.15) is 0 Å². The molecule has 0 aromatic carbocycles. The average molecular weight is 327 g/mol. The summed E-state index contributed by atoms with van der Waals surface area (Å²) in [7, 11) is 0. The molecule has 0 atom stereocenters. The molecule has 0 spiro atoms. The fraction of sp³-hybridized carbons (Fsp3) is 0.471. The van der Waals surface area contributed by atoms with Crippen LogP contribution in [0.5, 0.6) is 0 Å². The third-order valence-corrected chi connectivity index (χ3v) is 4.68. The van der Waals surface area contributed by atoms with E-state index in [0.717, 1.165) is 62.4 Å². The van der Waals surface area contributed by atoms with Crippen LogP contribution in [0.3, 0.4) is 0 Å². The third-order valence-electron chi connectivity index (χ3n) is 4.68. The number of carbonyl (C=O) groups excluding carboxylic acids is 1. The molecule has 0 unspecified atom stereocenters. The fourth-order valence-electron chi connectivity index (χ4n) is 3.31. The summed E-state index contributed by atoms with van der Waals surface area (Å²) in [5.74, 6) is 0.334. The average Bonchev–Trinajstić information content (AvgIpc) is 3.13. The van der Waals surface area contributed by atoms with Gasteiger partial charge in [0.25, 0.3) is 5.91 Å². The molecular weight excluding hydrogens is 306 g/mol. The van der Waals surface area contributed by atoms with Gasteiger partial charge in [-0.25, -0.2) is 0 Å². The van der Waals surface area contributed by atoms with Crippen LogP contribution in [0, 0.1) is 0 Å². The molecular formula is C17H21N5O2. The molecule has 1 fully saturated rings. The molecule has 1 saturated heterocycles. The highest BCUT2D eigenvalue weighted by Crippen LogP contribution is 2.25. The standard InChI is InChI=1S/C17H21N5O2/c23-17(16-8-15(22-24-16)11-1-4-18-5-2-11)21-13-7-12-9-19-6-3-14(12)20-10-13/h7-8,10-11,18-19H,1-6,9H2,(H,21,23). The topological polar surface area (TPSA) is 92.1 Å². The van der Waals surface area contributed by atoms with Gasteiger partial charge >= 0.3 is 0 Å². The van der Waals surface area contributed by atoms with Gasteiger partial charge in [-0.05, 0) is 37.6 Å². The van der Waals surface area contributed by atoms with E-state index in [1.165, 1.54) is 0 Å². The molecule has 126 valence electrons. The van der Waals surface area contributed by atoms with Crippen molar-refractivity contribution in [3.63, 3.8) is 0 Å². The fourth-order valence-corrected chi connectivity index (χ4v) is 3.31. The molecule has 2 aliphatic rings. The van der Waals surface area contributed by atoms with Crippen molar-refractivity contribution >= 4 is 11.6 Å². The summed E-state index contributed by atoms with van der Waals surface area (Å²) < 4.78 is 5.25. The SMILES string of the molecule is O=C(Nc1cnc2c(c1)CNCC2)c1cc(C2CCNCC2)no1. The predicted molar refractivity (Wildman–Crippen MR) is 88.9 cm³/mol. The van der Waals surface area contributed by atoms with Crippen LogP contribution in [-0.4, -0.2) is 35.7 Å². The predicted octanol–water partition coefficient (Wildman–Crippen LogP) is 1.43. The molecule has 3 N–H and O–H groups in total. The molecule has 0 bridgehead atoms. The smallest absolute Gasteiger partial charge is 0.294 e. The number of nitrogens with zero attached hydrogens (tertiary/aromatic N) is 2. The van der Waals surface area contributed by atoms with Crippen LogP contribution in [-0.2, 0) is 13.0 Å². The Labute approximate surface area is 140 Å². The molecule has 1 amide bonds. The molecule has 24 heavy (non-hydrogen) atoms. The van der Waals surface area contributed by atoms with Crippen molar-refractivity contribution < 1.29 is 9.32 Å². The number of rotatable bonds is 3. The monoisotopic (exact) mass is 327 g/mol. The zero-order valence-electron chi connectivity index (χ0n) is 13.5. The largest absolute Gasteiger partial charge is 0.351 e. The first-order valence-electron chi connectivity index (χ1n) is 8.47. The molecule has 7 nitrogen and oxygen atoms in total. The van der Waals surface area contributed by atoms with Gasteiger partial charge in [0.15, 0.2) is 0 Å². The van der Waals surface area contributed by atoms with Crippen LogP contribution in [0.2, 0.25) is 0 Å². The van der Waals surface area contributed by atoms with Gasteiger partial charge in [0, 0.05) is 37.2 Å². The molecule has 7 heteroatoms. The highest BCUT2D eigenvalue weighted by atomic mass is 16.5. The highest BCUT2D eigenvalue weighted by Gasteiger charge is 2.22. The van der Waals surface area contributed by atoms with E-state index in [1.807, 2.05) is 6.07 Å². The molecule has 2 aliphatic heterocycles. The Morgan fingerprint density at radius 1 is 1.21 bits per heavy atom. The summed E-state index contributed by atoms with van der Waals surface area (Å²) in [5.41, 5.74) is 3.78. The quantitative estimate of drug-likeness (QED) is 0.790. The summed E-state index contributed by atoms with van der Waals surface area (Å²) in [6.45, 7) is 3.69. The second-order valence-corrected chi connectivity index (χ2v) is 6.35. The summed E-state index contributed by atoms with van der Waals surface area (Å²) in [6.07, 6.45) is 4.67. The Hall–Kier alpha value is -2.25.